The minimum absolute atomic E-state index is 0.00106. The van der Waals surface area contributed by atoms with E-state index in [1.165, 1.54) is 6.42 Å². The maximum atomic E-state index is 5.64. The van der Waals surface area contributed by atoms with Crippen molar-refractivity contribution in [3.05, 3.63) is 0 Å². The van der Waals surface area contributed by atoms with Gasteiger partial charge in [-0.1, -0.05) is 13.8 Å². The van der Waals surface area contributed by atoms with Gasteiger partial charge in [-0.05, 0) is 18.9 Å². The predicted octanol–water partition coefficient (Wildman–Crippen LogP) is -0.164. The number of rotatable bonds is 1. The molecule has 4 N–H and O–H groups in total. The van der Waals surface area contributed by atoms with Crippen LogP contribution < -0.4 is 16.4 Å². The monoisotopic (exact) mass is 143 g/mol. The van der Waals surface area contributed by atoms with Crippen LogP contribution in [0.15, 0.2) is 0 Å². The summed E-state index contributed by atoms with van der Waals surface area (Å²) in [5.74, 6) is 0.688. The fourth-order valence-corrected chi connectivity index (χ4v) is 1.29. The standard InChI is InChI=1S/C7H17N3/c1-5(2)6-3-4-9-7(8)10-6/h5-7,9-10H,3-4,8H2,1-2H3. The van der Waals surface area contributed by atoms with Crippen LogP contribution in [0.3, 0.4) is 0 Å². The molecule has 0 aromatic heterocycles. The van der Waals surface area contributed by atoms with Crippen LogP contribution in [0.2, 0.25) is 0 Å². The summed E-state index contributed by atoms with van der Waals surface area (Å²) in [5, 5.41) is 6.42. The summed E-state index contributed by atoms with van der Waals surface area (Å²) in [5.41, 5.74) is 5.64. The lowest BCUT2D eigenvalue weighted by Gasteiger charge is -2.32. The molecule has 0 aromatic rings. The van der Waals surface area contributed by atoms with Gasteiger partial charge in [-0.3, -0.25) is 10.6 Å². The highest BCUT2D eigenvalue weighted by molar-refractivity contribution is 4.78. The van der Waals surface area contributed by atoms with Gasteiger partial charge in [0.15, 0.2) is 0 Å². The molecule has 1 heterocycles. The molecular weight excluding hydrogens is 126 g/mol. The van der Waals surface area contributed by atoms with Gasteiger partial charge in [0.05, 0.1) is 0 Å². The van der Waals surface area contributed by atoms with Gasteiger partial charge >= 0.3 is 0 Å². The van der Waals surface area contributed by atoms with Gasteiger partial charge in [0, 0.05) is 6.04 Å². The van der Waals surface area contributed by atoms with Gasteiger partial charge in [0.25, 0.3) is 0 Å². The molecule has 1 fully saturated rings. The Kier molecular flexibility index (Phi) is 2.65. The van der Waals surface area contributed by atoms with Crippen LogP contribution in [-0.4, -0.2) is 18.9 Å². The zero-order valence-corrected chi connectivity index (χ0v) is 6.72. The lowest BCUT2D eigenvalue weighted by Crippen LogP contribution is -2.59. The largest absolute Gasteiger partial charge is 0.304 e. The maximum absolute atomic E-state index is 5.64. The Hall–Kier alpha value is -0.120. The third-order valence-corrected chi connectivity index (χ3v) is 2.02. The van der Waals surface area contributed by atoms with E-state index in [9.17, 15) is 0 Å². The van der Waals surface area contributed by atoms with E-state index in [2.05, 4.69) is 24.5 Å². The summed E-state index contributed by atoms with van der Waals surface area (Å²) < 4.78 is 0. The van der Waals surface area contributed by atoms with Crippen LogP contribution in [0.1, 0.15) is 20.3 Å². The second-order valence-corrected chi connectivity index (χ2v) is 3.24. The first kappa shape index (κ1) is 7.98. The lowest BCUT2D eigenvalue weighted by atomic mass is 10.00. The van der Waals surface area contributed by atoms with Crippen molar-refractivity contribution in [3.8, 4) is 0 Å². The molecule has 0 saturated carbocycles. The van der Waals surface area contributed by atoms with Crippen LogP contribution in [-0.2, 0) is 0 Å². The molecule has 2 atom stereocenters. The molecule has 0 aromatic carbocycles. The molecule has 0 aliphatic carbocycles. The fourth-order valence-electron chi connectivity index (χ4n) is 1.29. The first-order valence-corrected chi connectivity index (χ1v) is 3.95. The summed E-state index contributed by atoms with van der Waals surface area (Å²) in [6, 6.07) is 0.594. The molecule has 0 radical (unpaired) electrons. The molecular formula is C7H17N3. The summed E-state index contributed by atoms with van der Waals surface area (Å²) in [4.78, 5) is 0. The first-order valence-electron chi connectivity index (χ1n) is 3.95. The summed E-state index contributed by atoms with van der Waals surface area (Å²) in [6.07, 6.45) is 1.19. The van der Waals surface area contributed by atoms with E-state index >= 15 is 0 Å². The van der Waals surface area contributed by atoms with E-state index in [4.69, 9.17) is 5.73 Å². The van der Waals surface area contributed by atoms with Crippen LogP contribution in [0.5, 0.6) is 0 Å². The smallest absolute Gasteiger partial charge is 0.109 e. The Morgan fingerprint density at radius 1 is 1.50 bits per heavy atom. The second-order valence-electron chi connectivity index (χ2n) is 3.24. The Morgan fingerprint density at radius 3 is 2.60 bits per heavy atom. The van der Waals surface area contributed by atoms with Crippen molar-refractivity contribution in [1.29, 1.82) is 0 Å². The molecule has 60 valence electrons. The van der Waals surface area contributed by atoms with Gasteiger partial charge in [-0.25, -0.2) is 0 Å². The molecule has 1 saturated heterocycles. The van der Waals surface area contributed by atoms with Gasteiger partial charge in [0.2, 0.25) is 0 Å². The molecule has 0 spiro atoms. The van der Waals surface area contributed by atoms with Crippen molar-refractivity contribution in [2.45, 2.75) is 32.6 Å². The molecule has 0 amide bonds. The highest BCUT2D eigenvalue weighted by atomic mass is 15.2. The van der Waals surface area contributed by atoms with Crippen molar-refractivity contribution in [2.75, 3.05) is 6.54 Å². The maximum Gasteiger partial charge on any atom is 0.109 e. The Labute approximate surface area is 62.4 Å². The minimum Gasteiger partial charge on any atom is -0.304 e. The van der Waals surface area contributed by atoms with Crippen LogP contribution in [0, 0.1) is 5.92 Å². The third kappa shape index (κ3) is 1.94. The number of hydrogen-bond donors (Lipinski definition) is 3. The Bertz CT molecular complexity index is 103. The number of nitrogens with one attached hydrogen (secondary N) is 2. The summed E-state index contributed by atoms with van der Waals surface area (Å²) >= 11 is 0. The quantitative estimate of drug-likeness (QED) is 0.478. The van der Waals surface area contributed by atoms with E-state index in [-0.39, 0.29) is 6.29 Å². The summed E-state index contributed by atoms with van der Waals surface area (Å²) in [7, 11) is 0. The normalized spacial score (nSPS) is 34.8. The lowest BCUT2D eigenvalue weighted by molar-refractivity contribution is 0.258. The predicted molar refractivity (Wildman–Crippen MR) is 42.4 cm³/mol. The molecule has 1 aliphatic heterocycles. The second kappa shape index (κ2) is 3.32. The topological polar surface area (TPSA) is 50.1 Å². The van der Waals surface area contributed by atoms with E-state index in [1.54, 1.807) is 0 Å². The molecule has 1 rings (SSSR count). The van der Waals surface area contributed by atoms with Crippen LogP contribution in [0.25, 0.3) is 0 Å². The molecule has 2 unspecified atom stereocenters. The van der Waals surface area contributed by atoms with Crippen LogP contribution in [0.4, 0.5) is 0 Å². The average molecular weight is 143 g/mol. The van der Waals surface area contributed by atoms with Crippen molar-refractivity contribution >= 4 is 0 Å². The molecule has 3 nitrogen and oxygen atoms in total. The highest BCUT2D eigenvalue weighted by Crippen LogP contribution is 2.07. The van der Waals surface area contributed by atoms with Gasteiger partial charge < -0.3 is 5.73 Å². The number of nitrogens with two attached hydrogens (primary N) is 1. The van der Waals surface area contributed by atoms with E-state index in [0.29, 0.717) is 12.0 Å². The van der Waals surface area contributed by atoms with Crippen molar-refractivity contribution in [2.24, 2.45) is 11.7 Å². The molecule has 3 heteroatoms. The van der Waals surface area contributed by atoms with E-state index < -0.39 is 0 Å². The molecule has 0 bridgehead atoms. The van der Waals surface area contributed by atoms with Gasteiger partial charge in [-0.15, -0.1) is 0 Å². The van der Waals surface area contributed by atoms with Crippen molar-refractivity contribution in [3.63, 3.8) is 0 Å². The van der Waals surface area contributed by atoms with Crippen molar-refractivity contribution < 1.29 is 0 Å². The molecule has 1 aliphatic rings. The fraction of sp³-hybridized carbons (Fsp3) is 1.00. The SMILES string of the molecule is CC(C)C1CCNC(N)N1. The van der Waals surface area contributed by atoms with E-state index in [1.807, 2.05) is 0 Å². The minimum atomic E-state index is 0.00106. The Morgan fingerprint density at radius 2 is 2.20 bits per heavy atom. The summed E-state index contributed by atoms with van der Waals surface area (Å²) in [6.45, 7) is 5.47. The van der Waals surface area contributed by atoms with E-state index in [0.717, 1.165) is 6.54 Å². The molecule has 10 heavy (non-hydrogen) atoms. The number of hydrogen-bond acceptors (Lipinski definition) is 3. The average Bonchev–Trinajstić information content (AvgIpc) is 1.88. The van der Waals surface area contributed by atoms with Gasteiger partial charge in [0.1, 0.15) is 6.29 Å². The zero-order chi connectivity index (χ0) is 7.56. The zero-order valence-electron chi connectivity index (χ0n) is 6.72. The highest BCUT2D eigenvalue weighted by Gasteiger charge is 2.19. The first-order chi connectivity index (χ1) is 4.70. The van der Waals surface area contributed by atoms with Crippen molar-refractivity contribution in [1.82, 2.24) is 10.6 Å². The van der Waals surface area contributed by atoms with Crippen LogP contribution >= 0.6 is 0 Å². The van der Waals surface area contributed by atoms with Gasteiger partial charge in [-0.2, -0.15) is 0 Å². The Balaban J connectivity index is 2.32. The third-order valence-electron chi connectivity index (χ3n) is 2.02.